The second kappa shape index (κ2) is 10.7. The molecule has 0 fully saturated rings. The third-order valence-corrected chi connectivity index (χ3v) is 6.16. The summed E-state index contributed by atoms with van der Waals surface area (Å²) in [6.07, 6.45) is -4.29. The molecule has 2 aliphatic heterocycles. The number of carboxylic acid groups (broad SMARTS) is 1. The Hall–Kier alpha value is -4.16. The first-order valence-corrected chi connectivity index (χ1v) is 12.1. The molecule has 0 aliphatic carbocycles. The largest absolute Gasteiger partial charge is 0.481 e. The molecule has 1 atom stereocenters. The van der Waals surface area contributed by atoms with E-state index in [4.69, 9.17) is 14.2 Å². The van der Waals surface area contributed by atoms with Crippen molar-refractivity contribution in [1.29, 1.82) is 0 Å². The van der Waals surface area contributed by atoms with Crippen LogP contribution in [0.1, 0.15) is 29.3 Å². The number of rotatable bonds is 10. The van der Waals surface area contributed by atoms with Crippen LogP contribution >= 0.6 is 0 Å². The summed E-state index contributed by atoms with van der Waals surface area (Å²) in [6.45, 7) is 0.365. The third kappa shape index (κ3) is 6.21. The van der Waals surface area contributed by atoms with E-state index in [1.807, 2.05) is 12.1 Å². The van der Waals surface area contributed by atoms with E-state index in [1.165, 1.54) is 6.07 Å². The van der Waals surface area contributed by atoms with Crippen molar-refractivity contribution in [2.75, 3.05) is 37.1 Å². The summed E-state index contributed by atoms with van der Waals surface area (Å²) in [4.78, 5) is 16.1. The zero-order chi connectivity index (χ0) is 26.7. The predicted octanol–water partition coefficient (Wildman–Crippen LogP) is 3.83. The number of ether oxygens (including phenoxy) is 3. The normalized spacial score (nSPS) is 14.8. The van der Waals surface area contributed by atoms with Crippen LogP contribution in [0, 0.1) is 0 Å². The summed E-state index contributed by atoms with van der Waals surface area (Å²) < 4.78 is 57.0. The van der Waals surface area contributed by atoms with Gasteiger partial charge >= 0.3 is 12.1 Å². The fraction of sp³-hybridized carbons (Fsp3) is 0.400. The molecule has 3 aromatic rings. The van der Waals surface area contributed by atoms with Crippen LogP contribution in [0.25, 0.3) is 0 Å². The molecular weight excluding hydrogens is 507 g/mol. The average molecular weight is 534 g/mol. The average Bonchev–Trinajstić information content (AvgIpc) is 3.48. The number of alkyl halides is 3. The Morgan fingerprint density at radius 3 is 2.74 bits per heavy atom. The van der Waals surface area contributed by atoms with Crippen molar-refractivity contribution >= 4 is 17.5 Å². The van der Waals surface area contributed by atoms with Crippen LogP contribution < -0.4 is 24.8 Å². The van der Waals surface area contributed by atoms with Crippen LogP contribution in [0.4, 0.5) is 24.7 Å². The minimum absolute atomic E-state index is 0.0464. The van der Waals surface area contributed by atoms with Gasteiger partial charge in [-0.1, -0.05) is 6.07 Å². The van der Waals surface area contributed by atoms with E-state index in [1.54, 1.807) is 18.2 Å². The van der Waals surface area contributed by atoms with Gasteiger partial charge in [0.2, 0.25) is 12.7 Å². The van der Waals surface area contributed by atoms with Crippen LogP contribution in [0.5, 0.6) is 17.4 Å². The lowest BCUT2D eigenvalue weighted by Gasteiger charge is -2.19. The number of benzene rings is 1. The summed E-state index contributed by atoms with van der Waals surface area (Å²) in [5.41, 5.74) is 2.57. The number of nitrogens with one attached hydrogen (secondary N) is 2. The molecule has 0 bridgehead atoms. The Kier molecular flexibility index (Phi) is 7.16. The van der Waals surface area contributed by atoms with E-state index in [9.17, 15) is 23.1 Å². The smallest absolute Gasteiger partial charge is 0.408 e. The Labute approximate surface area is 215 Å². The Morgan fingerprint density at radius 2 is 1.92 bits per heavy atom. The highest BCUT2D eigenvalue weighted by Crippen LogP contribution is 2.37. The van der Waals surface area contributed by atoms with E-state index >= 15 is 0 Å². The van der Waals surface area contributed by atoms with Crippen molar-refractivity contribution in [3.8, 4) is 17.4 Å². The minimum Gasteiger partial charge on any atom is -0.481 e. The molecule has 0 amide bonds. The summed E-state index contributed by atoms with van der Waals surface area (Å²) in [7, 11) is 0. The van der Waals surface area contributed by atoms with Crippen molar-refractivity contribution in [2.24, 2.45) is 0 Å². The molecule has 0 saturated carbocycles. The molecule has 1 aromatic carbocycles. The van der Waals surface area contributed by atoms with Gasteiger partial charge < -0.3 is 30.0 Å². The van der Waals surface area contributed by atoms with Gasteiger partial charge in [0.15, 0.2) is 11.5 Å². The number of fused-ring (bicyclic) bond motifs is 2. The van der Waals surface area contributed by atoms with Crippen molar-refractivity contribution in [1.82, 2.24) is 14.8 Å². The fourth-order valence-electron chi connectivity index (χ4n) is 4.44. The van der Waals surface area contributed by atoms with E-state index in [2.05, 4.69) is 20.7 Å². The summed E-state index contributed by atoms with van der Waals surface area (Å²) >= 11 is 0. The highest BCUT2D eigenvalue weighted by molar-refractivity contribution is 5.68. The number of hydrogen-bond donors (Lipinski definition) is 3. The molecule has 5 rings (SSSR count). The Balaban J connectivity index is 1.31. The summed E-state index contributed by atoms with van der Waals surface area (Å²) in [5, 5.41) is 20.0. The van der Waals surface area contributed by atoms with Crippen LogP contribution in [-0.4, -0.2) is 58.5 Å². The Bertz CT molecular complexity index is 1310. The van der Waals surface area contributed by atoms with Gasteiger partial charge in [-0.05, 0) is 36.2 Å². The van der Waals surface area contributed by atoms with Gasteiger partial charge in [0.25, 0.3) is 0 Å². The lowest BCUT2D eigenvalue weighted by molar-refractivity contribution is -0.143. The van der Waals surface area contributed by atoms with Crippen molar-refractivity contribution in [3.63, 3.8) is 0 Å². The topological polar surface area (TPSA) is 120 Å². The van der Waals surface area contributed by atoms with Crippen molar-refractivity contribution in [2.45, 2.75) is 37.9 Å². The van der Waals surface area contributed by atoms with E-state index in [-0.39, 0.29) is 37.8 Å². The number of anilines is 2. The molecule has 4 heterocycles. The van der Waals surface area contributed by atoms with E-state index < -0.39 is 24.6 Å². The summed E-state index contributed by atoms with van der Waals surface area (Å²) in [6, 6.07) is 10.3. The standard InChI is InChI=1S/C25H26F3N5O5/c26-25(27,28)13-33-22(36-8-5-17-2-3-19-24(31-17)30-7-6-29-19)12-18(32-33)9-16(11-23(34)35)15-1-4-20-21(10-15)38-14-37-20/h1-4,10,12,16,29H,5-9,11,13-14H2,(H,30,31)(H,34,35). The fourth-order valence-corrected chi connectivity index (χ4v) is 4.44. The van der Waals surface area contributed by atoms with Gasteiger partial charge in [0, 0.05) is 37.2 Å². The van der Waals surface area contributed by atoms with Gasteiger partial charge in [0.05, 0.1) is 24.4 Å². The Morgan fingerprint density at radius 1 is 1.11 bits per heavy atom. The van der Waals surface area contributed by atoms with Crippen LogP contribution in [-0.2, 0) is 24.2 Å². The molecule has 1 unspecified atom stereocenters. The number of hydrogen-bond acceptors (Lipinski definition) is 8. The predicted molar refractivity (Wildman–Crippen MR) is 130 cm³/mol. The van der Waals surface area contributed by atoms with E-state index in [0.717, 1.165) is 35.0 Å². The highest BCUT2D eigenvalue weighted by Gasteiger charge is 2.31. The number of aliphatic carboxylic acids is 1. The summed E-state index contributed by atoms with van der Waals surface area (Å²) in [5.74, 6) is 0.131. The molecule has 2 aromatic heterocycles. The first kappa shape index (κ1) is 25.5. The molecule has 10 nitrogen and oxygen atoms in total. The zero-order valence-electron chi connectivity index (χ0n) is 20.3. The minimum atomic E-state index is -4.52. The lowest BCUT2D eigenvalue weighted by atomic mass is 9.91. The second-order valence-electron chi connectivity index (χ2n) is 9.01. The molecule has 2 aliphatic rings. The highest BCUT2D eigenvalue weighted by atomic mass is 19.4. The lowest BCUT2D eigenvalue weighted by Crippen LogP contribution is -2.22. The quantitative estimate of drug-likeness (QED) is 0.357. The maximum atomic E-state index is 13.3. The molecule has 202 valence electrons. The number of halogens is 3. The number of carbonyl (C=O) groups is 1. The zero-order valence-corrected chi connectivity index (χ0v) is 20.3. The monoisotopic (exact) mass is 533 g/mol. The maximum absolute atomic E-state index is 13.3. The second-order valence-corrected chi connectivity index (χ2v) is 9.01. The van der Waals surface area contributed by atoms with Gasteiger partial charge in [0.1, 0.15) is 12.4 Å². The molecule has 0 saturated heterocycles. The molecular formula is C25H26F3N5O5. The van der Waals surface area contributed by atoms with E-state index in [0.29, 0.717) is 23.5 Å². The number of carboxylic acids is 1. The number of nitrogens with zero attached hydrogens (tertiary/aromatic N) is 3. The molecule has 0 radical (unpaired) electrons. The molecule has 13 heteroatoms. The first-order chi connectivity index (χ1) is 18.2. The van der Waals surface area contributed by atoms with Crippen LogP contribution in [0.2, 0.25) is 0 Å². The first-order valence-electron chi connectivity index (χ1n) is 12.1. The van der Waals surface area contributed by atoms with Crippen LogP contribution in [0.3, 0.4) is 0 Å². The number of aromatic nitrogens is 3. The van der Waals surface area contributed by atoms with Gasteiger partial charge in [-0.25, -0.2) is 9.67 Å². The van der Waals surface area contributed by atoms with Gasteiger partial charge in [-0.15, -0.1) is 0 Å². The van der Waals surface area contributed by atoms with Gasteiger partial charge in [-0.2, -0.15) is 18.3 Å². The third-order valence-electron chi connectivity index (χ3n) is 6.16. The SMILES string of the molecule is O=C(O)CC(Cc1cc(OCCc2ccc3c(n2)NCCN3)n(CC(F)(F)F)n1)c1ccc2c(c1)OCO2. The van der Waals surface area contributed by atoms with Crippen molar-refractivity contribution in [3.05, 3.63) is 53.3 Å². The molecule has 0 spiro atoms. The molecule has 38 heavy (non-hydrogen) atoms. The maximum Gasteiger partial charge on any atom is 0.408 e. The molecule has 3 N–H and O–H groups in total. The van der Waals surface area contributed by atoms with Crippen LogP contribution in [0.15, 0.2) is 36.4 Å². The number of pyridine rings is 1. The van der Waals surface area contributed by atoms with Gasteiger partial charge in [-0.3, -0.25) is 4.79 Å². The van der Waals surface area contributed by atoms with Crippen molar-refractivity contribution < 1.29 is 37.3 Å².